The molecule has 15 heavy (non-hydrogen) atoms. The predicted molar refractivity (Wildman–Crippen MR) is 69.7 cm³/mol. The van der Waals surface area contributed by atoms with Gasteiger partial charge in [-0.25, -0.2) is 9.97 Å². The highest BCUT2D eigenvalue weighted by Gasteiger charge is 1.92. The Kier molecular flexibility index (Phi) is 7.29. The van der Waals surface area contributed by atoms with E-state index >= 15 is 0 Å². The lowest BCUT2D eigenvalue weighted by molar-refractivity contribution is 1.03. The van der Waals surface area contributed by atoms with Crippen LogP contribution in [0.4, 0.5) is 0 Å². The van der Waals surface area contributed by atoms with E-state index in [0.717, 1.165) is 16.8 Å². The Bertz CT molecular complexity index is 349. The molecule has 1 atom stereocenters. The molecule has 4 heteroatoms. The Morgan fingerprint density at radius 1 is 1.40 bits per heavy atom. The van der Waals surface area contributed by atoms with Crippen molar-refractivity contribution in [2.24, 2.45) is 4.99 Å². The molecule has 1 aromatic heterocycles. The van der Waals surface area contributed by atoms with Gasteiger partial charge in [0.05, 0.1) is 0 Å². The van der Waals surface area contributed by atoms with Gasteiger partial charge in [-0.3, -0.25) is 4.99 Å². The first-order chi connectivity index (χ1) is 7.11. The summed E-state index contributed by atoms with van der Waals surface area (Å²) in [7, 11) is 2.58. The minimum Gasteiger partial charge on any atom is -0.265 e. The van der Waals surface area contributed by atoms with Crippen LogP contribution in [-0.2, 0) is 0 Å². The summed E-state index contributed by atoms with van der Waals surface area (Å²) < 4.78 is 0. The van der Waals surface area contributed by atoms with Crippen LogP contribution in [0.3, 0.4) is 0 Å². The van der Waals surface area contributed by atoms with E-state index in [2.05, 4.69) is 37.4 Å². The summed E-state index contributed by atoms with van der Waals surface area (Å²) in [5.74, 6) is 0.832. The summed E-state index contributed by atoms with van der Waals surface area (Å²) >= 11 is 0. The summed E-state index contributed by atoms with van der Waals surface area (Å²) in [5.41, 5.74) is 1.03. The number of aromatic nitrogens is 2. The van der Waals surface area contributed by atoms with Crippen molar-refractivity contribution < 1.29 is 0 Å². The molecule has 3 nitrogen and oxygen atoms in total. The van der Waals surface area contributed by atoms with Gasteiger partial charge in [0.15, 0.2) is 0 Å². The van der Waals surface area contributed by atoms with E-state index in [1.165, 1.54) is 6.20 Å². The molecule has 0 saturated carbocycles. The largest absolute Gasteiger partial charge is 0.265 e. The molecular formula is C11H16N3P. The Labute approximate surface area is 93.3 Å². The van der Waals surface area contributed by atoms with Crippen LogP contribution in [0.2, 0.25) is 0 Å². The summed E-state index contributed by atoms with van der Waals surface area (Å²) in [6, 6.07) is 0. The zero-order chi connectivity index (χ0) is 11.7. The minimum absolute atomic E-state index is 0.832. The van der Waals surface area contributed by atoms with Gasteiger partial charge in [0, 0.05) is 29.6 Å². The van der Waals surface area contributed by atoms with E-state index in [1.807, 2.05) is 20.0 Å². The average molecular weight is 221 g/mol. The number of allylic oxidation sites excluding steroid dienone is 1. The maximum Gasteiger partial charge on any atom is 0.125 e. The second-order valence-electron chi connectivity index (χ2n) is 2.67. The molecule has 1 heterocycles. The molecular weight excluding hydrogens is 205 g/mol. The van der Waals surface area contributed by atoms with Gasteiger partial charge in [0.2, 0.25) is 0 Å². The molecule has 0 radical (unpaired) electrons. The first-order valence-electron chi connectivity index (χ1n) is 4.42. The van der Waals surface area contributed by atoms with E-state index in [0.29, 0.717) is 0 Å². The van der Waals surface area contributed by atoms with Crippen LogP contribution in [0.5, 0.6) is 0 Å². The van der Waals surface area contributed by atoms with Crippen LogP contribution in [0.15, 0.2) is 36.6 Å². The molecule has 1 unspecified atom stereocenters. The molecule has 0 bridgehead atoms. The summed E-state index contributed by atoms with van der Waals surface area (Å²) in [6.07, 6.45) is 6.44. The van der Waals surface area contributed by atoms with Crippen molar-refractivity contribution in [1.82, 2.24) is 9.97 Å². The zero-order valence-corrected chi connectivity index (χ0v) is 10.3. The van der Waals surface area contributed by atoms with Crippen molar-refractivity contribution in [1.29, 1.82) is 0 Å². The number of hydrogen-bond donors (Lipinski definition) is 0. The lowest BCUT2D eigenvalue weighted by Crippen LogP contribution is -2.03. The van der Waals surface area contributed by atoms with Crippen LogP contribution < -0.4 is 5.30 Å². The first-order valence-corrected chi connectivity index (χ1v) is 5.00. The summed E-state index contributed by atoms with van der Waals surface area (Å²) in [4.78, 5) is 11.8. The highest BCUT2D eigenvalue weighted by molar-refractivity contribution is 7.27. The maximum atomic E-state index is 4.14. The van der Waals surface area contributed by atoms with Crippen LogP contribution in [0.25, 0.3) is 0 Å². The fourth-order valence-electron chi connectivity index (χ4n) is 0.714. The van der Waals surface area contributed by atoms with Crippen molar-refractivity contribution in [3.8, 4) is 0 Å². The van der Waals surface area contributed by atoms with Crippen molar-refractivity contribution in [3.63, 3.8) is 0 Å². The quantitative estimate of drug-likeness (QED) is 0.565. The highest BCUT2D eigenvalue weighted by Crippen LogP contribution is 1.93. The van der Waals surface area contributed by atoms with Gasteiger partial charge < -0.3 is 0 Å². The Balaban J connectivity index is 0.000000288. The normalized spacial score (nSPS) is 9.27. The number of hydrogen-bond acceptors (Lipinski definition) is 3. The standard InChI is InChI=1S/C6H9N2P.C5H7N/c1-4-6(9)3-7-5(2)8-4;1-3-5-6-4-2/h3H,9H2,1-2H3;3-5H,1-2H2. The number of aryl methyl sites for hydroxylation is 2. The van der Waals surface area contributed by atoms with Crippen molar-refractivity contribution in [2.75, 3.05) is 0 Å². The minimum atomic E-state index is 0.832. The molecule has 0 aliphatic heterocycles. The molecule has 0 spiro atoms. The van der Waals surface area contributed by atoms with Gasteiger partial charge in [-0.15, -0.1) is 9.24 Å². The lowest BCUT2D eigenvalue weighted by atomic mass is 10.4. The first kappa shape index (κ1) is 13.7. The van der Waals surface area contributed by atoms with Crippen LogP contribution in [-0.4, -0.2) is 16.2 Å². The second-order valence-corrected chi connectivity index (χ2v) is 3.30. The molecule has 1 rings (SSSR count). The van der Waals surface area contributed by atoms with Crippen molar-refractivity contribution >= 4 is 20.8 Å². The molecule has 0 aliphatic carbocycles. The number of rotatable bonds is 2. The van der Waals surface area contributed by atoms with Gasteiger partial charge in [-0.1, -0.05) is 19.2 Å². The van der Waals surface area contributed by atoms with E-state index in [1.54, 1.807) is 12.3 Å². The molecule has 0 saturated heterocycles. The van der Waals surface area contributed by atoms with Crippen molar-refractivity contribution in [2.45, 2.75) is 13.8 Å². The van der Waals surface area contributed by atoms with Gasteiger partial charge in [-0.05, 0) is 13.8 Å². The molecule has 0 N–H and O–H groups in total. The van der Waals surface area contributed by atoms with E-state index in [4.69, 9.17) is 0 Å². The van der Waals surface area contributed by atoms with Crippen molar-refractivity contribution in [3.05, 3.63) is 43.1 Å². The Morgan fingerprint density at radius 3 is 2.40 bits per heavy atom. The van der Waals surface area contributed by atoms with Crippen LogP contribution in [0.1, 0.15) is 11.5 Å². The second kappa shape index (κ2) is 8.01. The number of nitrogens with zero attached hydrogens (tertiary/aromatic N) is 3. The van der Waals surface area contributed by atoms with Gasteiger partial charge in [0.1, 0.15) is 5.82 Å². The third kappa shape index (κ3) is 6.69. The Hall–Kier alpha value is -1.34. The molecule has 0 aliphatic rings. The smallest absolute Gasteiger partial charge is 0.125 e. The fourth-order valence-corrected chi connectivity index (χ4v) is 0.853. The molecule has 1 aromatic rings. The topological polar surface area (TPSA) is 38.1 Å². The number of aliphatic imine (C=N–C) groups is 1. The fraction of sp³-hybridized carbons (Fsp3) is 0.182. The third-order valence-corrected chi connectivity index (χ3v) is 2.00. The average Bonchev–Trinajstić information content (AvgIpc) is 2.22. The summed E-state index contributed by atoms with van der Waals surface area (Å²) in [5, 5.41) is 1.07. The highest BCUT2D eigenvalue weighted by atomic mass is 31.0. The van der Waals surface area contributed by atoms with E-state index in [9.17, 15) is 0 Å². The molecule has 0 aromatic carbocycles. The third-order valence-electron chi connectivity index (χ3n) is 1.43. The lowest BCUT2D eigenvalue weighted by Gasteiger charge is -1.96. The summed E-state index contributed by atoms with van der Waals surface area (Å²) in [6.45, 7) is 10.6. The van der Waals surface area contributed by atoms with E-state index < -0.39 is 0 Å². The predicted octanol–water partition coefficient (Wildman–Crippen LogP) is 1.98. The van der Waals surface area contributed by atoms with Crippen LogP contribution in [0, 0.1) is 13.8 Å². The van der Waals surface area contributed by atoms with Crippen LogP contribution >= 0.6 is 9.24 Å². The molecule has 0 amide bonds. The van der Waals surface area contributed by atoms with Gasteiger partial charge >= 0.3 is 0 Å². The monoisotopic (exact) mass is 221 g/mol. The molecule has 0 fully saturated rings. The zero-order valence-electron chi connectivity index (χ0n) is 9.14. The Morgan fingerprint density at radius 2 is 2.07 bits per heavy atom. The maximum absolute atomic E-state index is 4.14. The molecule has 80 valence electrons. The van der Waals surface area contributed by atoms with Gasteiger partial charge in [-0.2, -0.15) is 0 Å². The van der Waals surface area contributed by atoms with E-state index in [-0.39, 0.29) is 0 Å². The van der Waals surface area contributed by atoms with Gasteiger partial charge in [0.25, 0.3) is 0 Å². The SMILES string of the molecule is C=CC=NC=C.Cc1ncc(P)c(C)n1.